The lowest BCUT2D eigenvalue weighted by molar-refractivity contribution is -0.0928. The molecule has 0 aromatic rings. The van der Waals surface area contributed by atoms with Crippen LogP contribution in [-0.4, -0.2) is 37.5 Å². The van der Waals surface area contributed by atoms with Gasteiger partial charge in [0.15, 0.2) is 0 Å². The summed E-state index contributed by atoms with van der Waals surface area (Å²) in [5, 5.41) is 3.15. The molecular weight excluding hydrogens is 238 g/mol. The van der Waals surface area contributed by atoms with Gasteiger partial charge in [-0.25, -0.2) is 0 Å². The number of ether oxygens (including phenoxy) is 2. The predicted molar refractivity (Wildman–Crippen MR) is 84.8 cm³/mol. The van der Waals surface area contributed by atoms with Crippen molar-refractivity contribution in [2.45, 2.75) is 85.5 Å². The molecule has 0 rings (SSSR count). The second-order valence-electron chi connectivity index (χ2n) is 6.14. The molecule has 0 saturated carbocycles. The lowest BCUT2D eigenvalue weighted by atomic mass is 10.0. The molecule has 0 unspecified atom stereocenters. The zero-order chi connectivity index (χ0) is 15.5. The molecule has 0 bridgehead atoms. The molecule has 1 N–H and O–H groups in total. The summed E-state index contributed by atoms with van der Waals surface area (Å²) in [6, 6.07) is 0. The summed E-state index contributed by atoms with van der Waals surface area (Å²) in [5.74, 6) is 0. The maximum absolute atomic E-state index is 5.93. The van der Waals surface area contributed by atoms with Crippen molar-refractivity contribution in [3.8, 4) is 0 Å². The lowest BCUT2D eigenvalue weighted by Crippen LogP contribution is -2.33. The fourth-order valence-corrected chi connectivity index (χ4v) is 1.77. The SMILES string of the molecule is CC.CNCCC(C)(C)OCCC(C)(C)OC(C)C. The number of nitrogens with one attached hydrogen (secondary N) is 1. The fraction of sp³-hybridized carbons (Fsp3) is 1.00. The minimum absolute atomic E-state index is 0.0586. The summed E-state index contributed by atoms with van der Waals surface area (Å²) in [5.41, 5.74) is -0.163. The van der Waals surface area contributed by atoms with Crippen LogP contribution >= 0.6 is 0 Å². The van der Waals surface area contributed by atoms with Crippen molar-refractivity contribution >= 4 is 0 Å². The smallest absolute Gasteiger partial charge is 0.0651 e. The molecule has 0 aromatic carbocycles. The third-order valence-corrected chi connectivity index (χ3v) is 2.73. The Morgan fingerprint density at radius 1 is 0.947 bits per heavy atom. The first-order chi connectivity index (χ1) is 8.68. The maximum Gasteiger partial charge on any atom is 0.0651 e. The van der Waals surface area contributed by atoms with Crippen molar-refractivity contribution in [3.63, 3.8) is 0 Å². The van der Waals surface area contributed by atoms with Crippen LogP contribution in [0.2, 0.25) is 0 Å². The number of hydrogen-bond acceptors (Lipinski definition) is 3. The number of rotatable bonds is 9. The highest BCUT2D eigenvalue weighted by atomic mass is 16.5. The Hall–Kier alpha value is -0.120. The van der Waals surface area contributed by atoms with Crippen LogP contribution in [-0.2, 0) is 9.47 Å². The van der Waals surface area contributed by atoms with Crippen molar-refractivity contribution in [2.75, 3.05) is 20.2 Å². The van der Waals surface area contributed by atoms with Crippen molar-refractivity contribution < 1.29 is 9.47 Å². The van der Waals surface area contributed by atoms with Gasteiger partial charge in [-0.05, 0) is 68.0 Å². The molecule has 0 radical (unpaired) electrons. The van der Waals surface area contributed by atoms with Gasteiger partial charge in [-0.3, -0.25) is 0 Å². The average Bonchev–Trinajstić information content (AvgIpc) is 2.26. The van der Waals surface area contributed by atoms with E-state index in [2.05, 4.69) is 46.9 Å². The van der Waals surface area contributed by atoms with Gasteiger partial charge in [0.25, 0.3) is 0 Å². The first kappa shape index (κ1) is 21.2. The third kappa shape index (κ3) is 14.1. The van der Waals surface area contributed by atoms with Crippen molar-refractivity contribution in [3.05, 3.63) is 0 Å². The van der Waals surface area contributed by atoms with E-state index in [1.54, 1.807) is 0 Å². The van der Waals surface area contributed by atoms with E-state index in [1.807, 2.05) is 20.9 Å². The van der Waals surface area contributed by atoms with Gasteiger partial charge in [0.1, 0.15) is 0 Å². The minimum Gasteiger partial charge on any atom is -0.375 e. The van der Waals surface area contributed by atoms with Crippen LogP contribution < -0.4 is 5.32 Å². The van der Waals surface area contributed by atoms with Gasteiger partial charge < -0.3 is 14.8 Å². The molecule has 19 heavy (non-hydrogen) atoms. The Morgan fingerprint density at radius 2 is 1.47 bits per heavy atom. The highest BCUT2D eigenvalue weighted by Gasteiger charge is 2.23. The van der Waals surface area contributed by atoms with Gasteiger partial charge in [-0.15, -0.1) is 0 Å². The molecule has 0 fully saturated rings. The van der Waals surface area contributed by atoms with E-state index in [4.69, 9.17) is 9.47 Å². The van der Waals surface area contributed by atoms with Crippen LogP contribution in [0.1, 0.15) is 68.2 Å². The monoisotopic (exact) mass is 275 g/mol. The summed E-state index contributed by atoms with van der Waals surface area (Å²) in [7, 11) is 1.97. The molecule has 0 aliphatic rings. The molecule has 0 aliphatic heterocycles. The van der Waals surface area contributed by atoms with E-state index < -0.39 is 0 Å². The zero-order valence-corrected chi connectivity index (χ0v) is 14.7. The normalized spacial score (nSPS) is 12.3. The Labute approximate surface area is 121 Å². The summed E-state index contributed by atoms with van der Waals surface area (Å²) in [4.78, 5) is 0. The van der Waals surface area contributed by atoms with E-state index in [0.29, 0.717) is 0 Å². The quantitative estimate of drug-likeness (QED) is 0.689. The first-order valence-electron chi connectivity index (χ1n) is 7.65. The highest BCUT2D eigenvalue weighted by molar-refractivity contribution is 4.73. The van der Waals surface area contributed by atoms with E-state index in [0.717, 1.165) is 26.0 Å². The number of hydrogen-bond donors (Lipinski definition) is 1. The molecule has 0 aliphatic carbocycles. The van der Waals surface area contributed by atoms with Crippen molar-refractivity contribution in [2.24, 2.45) is 0 Å². The second kappa shape index (κ2) is 10.6. The highest BCUT2D eigenvalue weighted by Crippen LogP contribution is 2.20. The fourth-order valence-electron chi connectivity index (χ4n) is 1.77. The molecule has 118 valence electrons. The van der Waals surface area contributed by atoms with Crippen molar-refractivity contribution in [1.29, 1.82) is 0 Å². The second-order valence-corrected chi connectivity index (χ2v) is 6.14. The van der Waals surface area contributed by atoms with Crippen LogP contribution in [0.3, 0.4) is 0 Å². The molecular formula is C16H37NO2. The van der Waals surface area contributed by atoms with Crippen molar-refractivity contribution in [1.82, 2.24) is 5.32 Å². The van der Waals surface area contributed by atoms with Gasteiger partial charge >= 0.3 is 0 Å². The van der Waals surface area contributed by atoms with Crippen LogP contribution in [0.25, 0.3) is 0 Å². The first-order valence-corrected chi connectivity index (χ1v) is 7.65. The van der Waals surface area contributed by atoms with E-state index >= 15 is 0 Å². The predicted octanol–water partition coefficient (Wildman–Crippen LogP) is 4.01. The van der Waals surface area contributed by atoms with Crippen LogP contribution in [0.4, 0.5) is 0 Å². The average molecular weight is 275 g/mol. The van der Waals surface area contributed by atoms with E-state index in [1.165, 1.54) is 0 Å². The van der Waals surface area contributed by atoms with Crippen LogP contribution in [0.15, 0.2) is 0 Å². The summed E-state index contributed by atoms with van der Waals surface area (Å²) < 4.78 is 11.8. The molecule has 3 nitrogen and oxygen atoms in total. The standard InChI is InChI=1S/C14H31NO2.C2H6/c1-12(2)17-14(5,6)9-11-16-13(3,4)8-10-15-7;1-2/h12,15H,8-11H2,1-7H3;1-2H3. The Kier molecular flexibility index (Phi) is 11.9. The summed E-state index contributed by atoms with van der Waals surface area (Å²) >= 11 is 0. The largest absolute Gasteiger partial charge is 0.375 e. The van der Waals surface area contributed by atoms with E-state index in [9.17, 15) is 0 Å². The molecule has 0 amide bonds. The van der Waals surface area contributed by atoms with Gasteiger partial charge in [-0.2, -0.15) is 0 Å². The topological polar surface area (TPSA) is 30.5 Å². The van der Waals surface area contributed by atoms with Gasteiger partial charge in [0.05, 0.1) is 23.9 Å². The Morgan fingerprint density at radius 3 is 1.89 bits per heavy atom. The minimum atomic E-state index is -0.104. The molecule has 3 heteroatoms. The molecule has 0 aromatic heterocycles. The Bertz CT molecular complexity index is 201. The van der Waals surface area contributed by atoms with Gasteiger partial charge in [-0.1, -0.05) is 13.8 Å². The molecule has 0 heterocycles. The van der Waals surface area contributed by atoms with Gasteiger partial charge in [0, 0.05) is 0 Å². The van der Waals surface area contributed by atoms with Gasteiger partial charge in [0.2, 0.25) is 0 Å². The zero-order valence-electron chi connectivity index (χ0n) is 14.7. The van der Waals surface area contributed by atoms with Crippen LogP contribution in [0, 0.1) is 0 Å². The summed E-state index contributed by atoms with van der Waals surface area (Å²) in [6.45, 7) is 18.4. The summed E-state index contributed by atoms with van der Waals surface area (Å²) in [6.07, 6.45) is 2.21. The molecule has 0 saturated heterocycles. The third-order valence-electron chi connectivity index (χ3n) is 2.73. The van der Waals surface area contributed by atoms with Crippen LogP contribution in [0.5, 0.6) is 0 Å². The Balaban J connectivity index is 0. The molecule has 0 atom stereocenters. The maximum atomic E-state index is 5.93. The lowest BCUT2D eigenvalue weighted by Gasteiger charge is -2.31. The molecule has 0 spiro atoms. The van der Waals surface area contributed by atoms with E-state index in [-0.39, 0.29) is 17.3 Å².